The first kappa shape index (κ1) is 14.5. The monoisotopic (exact) mass is 305 g/mol. The predicted octanol–water partition coefficient (Wildman–Crippen LogP) is 1.46. The van der Waals surface area contributed by atoms with E-state index in [2.05, 4.69) is 9.62 Å². The minimum atomic E-state index is -3.62. The largest absolute Gasteiger partial charge is 0.300 e. The molecule has 2 aliphatic rings. The molecule has 2 fully saturated rings. The number of benzene rings is 1. The van der Waals surface area contributed by atoms with Crippen molar-refractivity contribution in [3.63, 3.8) is 0 Å². The van der Waals surface area contributed by atoms with Crippen molar-refractivity contribution >= 4 is 10.0 Å². The van der Waals surface area contributed by atoms with Crippen LogP contribution in [-0.4, -0.2) is 38.5 Å². The van der Waals surface area contributed by atoms with Crippen molar-refractivity contribution in [2.75, 3.05) is 13.1 Å². The third-order valence-corrected chi connectivity index (χ3v) is 5.79. The highest BCUT2D eigenvalue weighted by atomic mass is 32.2. The molecule has 1 aliphatic heterocycles. The van der Waals surface area contributed by atoms with E-state index in [9.17, 15) is 8.42 Å². The van der Waals surface area contributed by atoms with Crippen molar-refractivity contribution in [1.82, 2.24) is 9.62 Å². The number of nitrogens with one attached hydrogen (secondary N) is 1. The Labute approximate surface area is 125 Å². The van der Waals surface area contributed by atoms with Crippen LogP contribution in [0.15, 0.2) is 29.2 Å². The molecule has 1 saturated carbocycles. The molecule has 1 aromatic carbocycles. The van der Waals surface area contributed by atoms with Crippen molar-refractivity contribution in [3.8, 4) is 6.07 Å². The fourth-order valence-electron chi connectivity index (χ4n) is 2.90. The highest BCUT2D eigenvalue weighted by Crippen LogP contribution is 2.29. The van der Waals surface area contributed by atoms with E-state index in [0.29, 0.717) is 0 Å². The molecule has 1 aromatic rings. The van der Waals surface area contributed by atoms with E-state index < -0.39 is 10.0 Å². The lowest BCUT2D eigenvalue weighted by atomic mass is 10.1. The summed E-state index contributed by atoms with van der Waals surface area (Å²) < 4.78 is 27.6. The summed E-state index contributed by atoms with van der Waals surface area (Å²) in [4.78, 5) is 2.53. The maximum Gasteiger partial charge on any atom is 0.242 e. The molecule has 21 heavy (non-hydrogen) atoms. The van der Waals surface area contributed by atoms with Crippen LogP contribution in [0.5, 0.6) is 0 Å². The first-order valence-corrected chi connectivity index (χ1v) is 8.84. The fraction of sp³-hybridized carbons (Fsp3) is 0.533. The molecule has 0 bridgehead atoms. The molecule has 0 spiro atoms. The van der Waals surface area contributed by atoms with Crippen LogP contribution in [0.3, 0.4) is 0 Å². The van der Waals surface area contributed by atoms with Gasteiger partial charge in [0.1, 0.15) is 6.07 Å². The molecule has 6 heteroatoms. The second-order valence-electron chi connectivity index (χ2n) is 5.77. The number of nitriles is 1. The molecule has 0 atom stereocenters. The Kier molecular flexibility index (Phi) is 3.98. The molecular formula is C15H19N3O2S. The fourth-order valence-corrected chi connectivity index (χ4v) is 4.36. The minimum absolute atomic E-state index is 0.0308. The number of rotatable bonds is 4. The summed E-state index contributed by atoms with van der Waals surface area (Å²) in [5.74, 6) is 0. The Hall–Kier alpha value is -1.42. The van der Waals surface area contributed by atoms with Gasteiger partial charge in [-0.2, -0.15) is 5.26 Å². The van der Waals surface area contributed by atoms with Crippen LogP contribution in [0.2, 0.25) is 0 Å². The number of nitrogens with zero attached hydrogens (tertiary/aromatic N) is 2. The number of sulfonamides is 1. The molecule has 0 radical (unpaired) electrons. The normalized spacial score (nSPS) is 21.1. The molecule has 0 aromatic heterocycles. The lowest BCUT2D eigenvalue weighted by Crippen LogP contribution is -2.45. The second kappa shape index (κ2) is 5.76. The molecular weight excluding hydrogens is 286 g/mol. The first-order chi connectivity index (χ1) is 10.1. The number of hydrogen-bond donors (Lipinski definition) is 1. The Bertz CT molecular complexity index is 654. The van der Waals surface area contributed by atoms with E-state index in [1.807, 2.05) is 6.07 Å². The number of hydrogen-bond acceptors (Lipinski definition) is 4. The van der Waals surface area contributed by atoms with Crippen molar-refractivity contribution < 1.29 is 8.42 Å². The van der Waals surface area contributed by atoms with Crippen molar-refractivity contribution in [2.24, 2.45) is 0 Å². The average molecular weight is 305 g/mol. The SMILES string of the molecule is N#Cc1ccccc1S(=O)(=O)NC1CCN(C2CC2)CC1. The Morgan fingerprint density at radius 2 is 1.81 bits per heavy atom. The van der Waals surface area contributed by atoms with Crippen LogP contribution in [0.25, 0.3) is 0 Å². The molecule has 112 valence electrons. The van der Waals surface area contributed by atoms with Gasteiger partial charge in [0.05, 0.1) is 10.5 Å². The van der Waals surface area contributed by atoms with Crippen molar-refractivity contribution in [3.05, 3.63) is 29.8 Å². The van der Waals surface area contributed by atoms with Gasteiger partial charge in [-0.25, -0.2) is 13.1 Å². The van der Waals surface area contributed by atoms with Crippen LogP contribution < -0.4 is 4.72 Å². The summed E-state index contributed by atoms with van der Waals surface area (Å²) in [5.41, 5.74) is 0.195. The quantitative estimate of drug-likeness (QED) is 0.914. The predicted molar refractivity (Wildman–Crippen MR) is 79.1 cm³/mol. The van der Waals surface area contributed by atoms with Crippen LogP contribution >= 0.6 is 0 Å². The van der Waals surface area contributed by atoms with Gasteiger partial charge in [-0.05, 0) is 50.9 Å². The summed E-state index contributed by atoms with van der Waals surface area (Å²) in [6, 6.07) is 8.98. The van der Waals surface area contributed by atoms with E-state index in [0.717, 1.165) is 32.0 Å². The van der Waals surface area contributed by atoms with Gasteiger partial charge in [0, 0.05) is 12.1 Å². The molecule has 5 nitrogen and oxygen atoms in total. The third-order valence-electron chi connectivity index (χ3n) is 4.21. The van der Waals surface area contributed by atoms with Crippen LogP contribution in [-0.2, 0) is 10.0 Å². The lowest BCUT2D eigenvalue weighted by molar-refractivity contribution is 0.199. The lowest BCUT2D eigenvalue weighted by Gasteiger charge is -2.32. The zero-order valence-electron chi connectivity index (χ0n) is 11.8. The third kappa shape index (κ3) is 3.26. The molecule has 0 unspecified atom stereocenters. The van der Waals surface area contributed by atoms with Gasteiger partial charge in [-0.15, -0.1) is 0 Å². The van der Waals surface area contributed by atoms with Crippen LogP contribution in [0.4, 0.5) is 0 Å². The molecule has 1 N–H and O–H groups in total. The zero-order valence-corrected chi connectivity index (χ0v) is 12.6. The molecule has 1 aliphatic carbocycles. The summed E-state index contributed by atoms with van der Waals surface area (Å²) in [7, 11) is -3.62. The number of likely N-dealkylation sites (tertiary alicyclic amines) is 1. The van der Waals surface area contributed by atoms with Gasteiger partial charge in [-0.1, -0.05) is 12.1 Å². The van der Waals surface area contributed by atoms with Crippen molar-refractivity contribution in [1.29, 1.82) is 5.26 Å². The highest BCUT2D eigenvalue weighted by Gasteiger charge is 2.33. The van der Waals surface area contributed by atoms with Gasteiger partial charge < -0.3 is 4.90 Å². The molecule has 0 amide bonds. The van der Waals surface area contributed by atoms with Gasteiger partial charge in [0.2, 0.25) is 10.0 Å². The van der Waals surface area contributed by atoms with Gasteiger partial charge in [-0.3, -0.25) is 0 Å². The topological polar surface area (TPSA) is 73.2 Å². The zero-order chi connectivity index (χ0) is 14.9. The van der Waals surface area contributed by atoms with E-state index in [1.54, 1.807) is 12.1 Å². The Morgan fingerprint density at radius 3 is 2.43 bits per heavy atom. The maximum atomic E-state index is 12.4. The van der Waals surface area contributed by atoms with Crippen LogP contribution in [0, 0.1) is 11.3 Å². The maximum absolute atomic E-state index is 12.4. The van der Waals surface area contributed by atoms with Gasteiger partial charge in [0.15, 0.2) is 0 Å². The molecule has 1 heterocycles. The van der Waals surface area contributed by atoms with E-state index in [4.69, 9.17) is 5.26 Å². The number of piperidine rings is 1. The summed E-state index contributed by atoms with van der Waals surface area (Å²) in [6.45, 7) is 1.91. The van der Waals surface area contributed by atoms with E-state index in [-0.39, 0.29) is 16.5 Å². The first-order valence-electron chi connectivity index (χ1n) is 7.35. The highest BCUT2D eigenvalue weighted by molar-refractivity contribution is 7.89. The smallest absolute Gasteiger partial charge is 0.242 e. The summed E-state index contributed by atoms with van der Waals surface area (Å²) in [5, 5.41) is 9.04. The summed E-state index contributed by atoms with van der Waals surface area (Å²) in [6.07, 6.45) is 4.24. The van der Waals surface area contributed by atoms with E-state index >= 15 is 0 Å². The Morgan fingerprint density at radius 1 is 1.14 bits per heavy atom. The van der Waals surface area contributed by atoms with E-state index in [1.165, 1.54) is 25.0 Å². The Balaban J connectivity index is 1.67. The summed E-state index contributed by atoms with van der Waals surface area (Å²) >= 11 is 0. The standard InChI is InChI=1S/C15H19N3O2S/c16-11-12-3-1-2-4-15(12)21(19,20)17-13-7-9-18(10-8-13)14-5-6-14/h1-4,13-14,17H,5-10H2. The van der Waals surface area contributed by atoms with Gasteiger partial charge in [0.25, 0.3) is 0 Å². The average Bonchev–Trinajstić information content (AvgIpc) is 3.32. The minimum Gasteiger partial charge on any atom is -0.300 e. The van der Waals surface area contributed by atoms with Crippen LogP contribution in [0.1, 0.15) is 31.2 Å². The van der Waals surface area contributed by atoms with Crippen molar-refractivity contribution in [2.45, 2.75) is 42.7 Å². The second-order valence-corrected chi connectivity index (χ2v) is 7.45. The molecule has 1 saturated heterocycles. The molecule has 3 rings (SSSR count). The van der Waals surface area contributed by atoms with Gasteiger partial charge >= 0.3 is 0 Å².